The van der Waals surface area contributed by atoms with Gasteiger partial charge in [-0.05, 0) is 19.1 Å². The van der Waals surface area contributed by atoms with Crippen molar-refractivity contribution in [3.63, 3.8) is 0 Å². The molecule has 0 bridgehead atoms. The molecule has 1 rings (SSSR count). The van der Waals surface area contributed by atoms with E-state index in [0.29, 0.717) is 12.2 Å². The van der Waals surface area contributed by atoms with E-state index in [2.05, 4.69) is 16.6 Å². The van der Waals surface area contributed by atoms with Crippen molar-refractivity contribution in [3.05, 3.63) is 36.9 Å². The van der Waals surface area contributed by atoms with E-state index in [0.717, 1.165) is 0 Å². The molecule has 0 fully saturated rings. The fourth-order valence-corrected chi connectivity index (χ4v) is 2.60. The summed E-state index contributed by atoms with van der Waals surface area (Å²) in [6.07, 6.45) is 1.72. The number of nitrogens with one attached hydrogen (secondary N) is 2. The van der Waals surface area contributed by atoms with Crippen molar-refractivity contribution < 1.29 is 8.42 Å². The second-order valence-electron chi connectivity index (χ2n) is 3.67. The maximum Gasteiger partial charge on any atom is 0.242 e. The highest BCUT2D eigenvalue weighted by atomic mass is 32.2. The summed E-state index contributed by atoms with van der Waals surface area (Å²) in [4.78, 5) is 0.260. The predicted molar refractivity (Wildman–Crippen MR) is 70.6 cm³/mol. The molecule has 1 atom stereocenters. The minimum atomic E-state index is -3.44. The number of benzene rings is 1. The fourth-order valence-electron chi connectivity index (χ4n) is 1.39. The first-order chi connectivity index (χ1) is 8.01. The molecule has 0 heterocycles. The SMILES string of the molecule is C=CC(C)Nc1ccccc1S(=O)(=O)NCC. The van der Waals surface area contributed by atoms with E-state index in [9.17, 15) is 8.42 Å². The molecule has 1 aromatic rings. The Morgan fingerprint density at radius 3 is 2.65 bits per heavy atom. The summed E-state index contributed by atoms with van der Waals surface area (Å²) in [6, 6.07) is 6.82. The third-order valence-electron chi connectivity index (χ3n) is 2.25. The number of rotatable bonds is 6. The molecule has 2 N–H and O–H groups in total. The molecule has 0 aliphatic heterocycles. The van der Waals surface area contributed by atoms with Crippen LogP contribution in [0.25, 0.3) is 0 Å². The Bertz CT molecular complexity index is 483. The molecule has 0 aliphatic rings. The third-order valence-corrected chi connectivity index (χ3v) is 3.85. The largest absolute Gasteiger partial charge is 0.378 e. The van der Waals surface area contributed by atoms with Crippen molar-refractivity contribution in [1.82, 2.24) is 4.72 Å². The van der Waals surface area contributed by atoms with Gasteiger partial charge in [0.15, 0.2) is 0 Å². The van der Waals surface area contributed by atoms with E-state index in [1.54, 1.807) is 37.3 Å². The Labute approximate surface area is 103 Å². The van der Waals surface area contributed by atoms with Crippen LogP contribution < -0.4 is 10.0 Å². The highest BCUT2D eigenvalue weighted by molar-refractivity contribution is 7.89. The lowest BCUT2D eigenvalue weighted by Crippen LogP contribution is -2.25. The van der Waals surface area contributed by atoms with Gasteiger partial charge >= 0.3 is 0 Å². The second kappa shape index (κ2) is 5.84. The molecule has 1 aromatic carbocycles. The van der Waals surface area contributed by atoms with Crippen molar-refractivity contribution in [3.8, 4) is 0 Å². The number of anilines is 1. The molecule has 0 amide bonds. The molecule has 0 aromatic heterocycles. The lowest BCUT2D eigenvalue weighted by atomic mass is 10.2. The van der Waals surface area contributed by atoms with Gasteiger partial charge in [-0.15, -0.1) is 6.58 Å². The van der Waals surface area contributed by atoms with Crippen LogP contribution in [0, 0.1) is 0 Å². The molecule has 1 unspecified atom stereocenters. The van der Waals surface area contributed by atoms with Crippen LogP contribution in [-0.4, -0.2) is 21.0 Å². The van der Waals surface area contributed by atoms with Gasteiger partial charge in [0, 0.05) is 12.6 Å². The van der Waals surface area contributed by atoms with E-state index in [4.69, 9.17) is 0 Å². The first-order valence-corrected chi connectivity index (χ1v) is 6.97. The average molecular weight is 254 g/mol. The van der Waals surface area contributed by atoms with Crippen molar-refractivity contribution in [2.75, 3.05) is 11.9 Å². The van der Waals surface area contributed by atoms with Gasteiger partial charge in [-0.25, -0.2) is 13.1 Å². The quantitative estimate of drug-likeness (QED) is 0.763. The summed E-state index contributed by atoms with van der Waals surface area (Å²) < 4.78 is 26.4. The first-order valence-electron chi connectivity index (χ1n) is 5.49. The molecule has 5 heteroatoms. The summed E-state index contributed by atoms with van der Waals surface area (Å²) in [5, 5.41) is 3.09. The van der Waals surface area contributed by atoms with Crippen LogP contribution in [0.3, 0.4) is 0 Å². The fraction of sp³-hybridized carbons (Fsp3) is 0.333. The van der Waals surface area contributed by atoms with Crippen molar-refractivity contribution in [2.24, 2.45) is 0 Å². The number of para-hydroxylation sites is 1. The van der Waals surface area contributed by atoms with Gasteiger partial charge in [0.25, 0.3) is 0 Å². The zero-order valence-corrected chi connectivity index (χ0v) is 10.9. The topological polar surface area (TPSA) is 58.2 Å². The van der Waals surface area contributed by atoms with Crippen LogP contribution in [0.15, 0.2) is 41.8 Å². The number of hydrogen-bond acceptors (Lipinski definition) is 3. The average Bonchev–Trinajstić information content (AvgIpc) is 2.29. The van der Waals surface area contributed by atoms with Crippen LogP contribution in [0.1, 0.15) is 13.8 Å². The zero-order valence-electron chi connectivity index (χ0n) is 10.1. The third kappa shape index (κ3) is 3.57. The lowest BCUT2D eigenvalue weighted by molar-refractivity contribution is 0.584. The zero-order chi connectivity index (χ0) is 12.9. The minimum absolute atomic E-state index is 0.00739. The maximum absolute atomic E-state index is 11.9. The van der Waals surface area contributed by atoms with Gasteiger partial charge in [-0.1, -0.05) is 25.1 Å². The summed E-state index contributed by atoms with van der Waals surface area (Å²) >= 11 is 0. The summed E-state index contributed by atoms with van der Waals surface area (Å²) in [6.45, 7) is 7.68. The Morgan fingerprint density at radius 2 is 2.06 bits per heavy atom. The Morgan fingerprint density at radius 1 is 1.41 bits per heavy atom. The van der Waals surface area contributed by atoms with E-state index >= 15 is 0 Å². The molecular formula is C12H18N2O2S. The molecule has 0 saturated carbocycles. The Balaban J connectivity index is 3.12. The highest BCUT2D eigenvalue weighted by Crippen LogP contribution is 2.21. The normalized spacial score (nSPS) is 13.1. The number of sulfonamides is 1. The number of hydrogen-bond donors (Lipinski definition) is 2. The van der Waals surface area contributed by atoms with E-state index in [1.165, 1.54) is 0 Å². The molecule has 0 radical (unpaired) electrons. The molecule has 17 heavy (non-hydrogen) atoms. The lowest BCUT2D eigenvalue weighted by Gasteiger charge is -2.15. The summed E-state index contributed by atoms with van der Waals surface area (Å²) in [7, 11) is -3.44. The van der Waals surface area contributed by atoms with Crippen LogP contribution >= 0.6 is 0 Å². The maximum atomic E-state index is 11.9. The first kappa shape index (κ1) is 13.7. The molecule has 0 aliphatic carbocycles. The predicted octanol–water partition coefficient (Wildman–Crippen LogP) is 1.97. The Kier molecular flexibility index (Phi) is 4.72. The molecule has 94 valence electrons. The monoisotopic (exact) mass is 254 g/mol. The highest BCUT2D eigenvalue weighted by Gasteiger charge is 2.17. The van der Waals surface area contributed by atoms with Crippen molar-refractivity contribution in [2.45, 2.75) is 24.8 Å². The van der Waals surface area contributed by atoms with Crippen LogP contribution in [0.2, 0.25) is 0 Å². The van der Waals surface area contributed by atoms with Crippen LogP contribution in [0.4, 0.5) is 5.69 Å². The molecular weight excluding hydrogens is 236 g/mol. The van der Waals surface area contributed by atoms with E-state index in [1.807, 2.05) is 6.92 Å². The van der Waals surface area contributed by atoms with Crippen LogP contribution in [-0.2, 0) is 10.0 Å². The van der Waals surface area contributed by atoms with E-state index in [-0.39, 0.29) is 10.9 Å². The van der Waals surface area contributed by atoms with Crippen molar-refractivity contribution in [1.29, 1.82) is 0 Å². The van der Waals surface area contributed by atoms with Gasteiger partial charge in [-0.2, -0.15) is 0 Å². The van der Waals surface area contributed by atoms with E-state index < -0.39 is 10.0 Å². The molecule has 0 spiro atoms. The minimum Gasteiger partial charge on any atom is -0.378 e. The second-order valence-corrected chi connectivity index (χ2v) is 5.40. The molecule has 4 nitrogen and oxygen atoms in total. The van der Waals surface area contributed by atoms with Crippen molar-refractivity contribution >= 4 is 15.7 Å². The van der Waals surface area contributed by atoms with Crippen LogP contribution in [0.5, 0.6) is 0 Å². The summed E-state index contributed by atoms with van der Waals surface area (Å²) in [5.41, 5.74) is 0.584. The Hall–Kier alpha value is -1.33. The van der Waals surface area contributed by atoms with Gasteiger partial charge < -0.3 is 5.32 Å². The van der Waals surface area contributed by atoms with Gasteiger partial charge in [0.05, 0.1) is 5.69 Å². The molecule has 0 saturated heterocycles. The standard InChI is InChI=1S/C12H18N2O2S/c1-4-10(3)14-11-8-6-7-9-12(11)17(15,16)13-5-2/h4,6-10,13-14H,1,5H2,2-3H3. The van der Waals surface area contributed by atoms with Gasteiger partial charge in [-0.3, -0.25) is 0 Å². The smallest absolute Gasteiger partial charge is 0.242 e. The van der Waals surface area contributed by atoms with Gasteiger partial charge in [0.1, 0.15) is 4.90 Å². The van der Waals surface area contributed by atoms with Gasteiger partial charge in [0.2, 0.25) is 10.0 Å². The summed E-state index contributed by atoms with van der Waals surface area (Å²) in [5.74, 6) is 0.